The van der Waals surface area contributed by atoms with Gasteiger partial charge in [-0.1, -0.05) is 19.0 Å². The van der Waals surface area contributed by atoms with Crippen molar-refractivity contribution in [1.29, 1.82) is 0 Å². The van der Waals surface area contributed by atoms with E-state index >= 15 is 0 Å². The number of nitrogens with one attached hydrogen (secondary N) is 1. The minimum Gasteiger partial charge on any atom is -0.360 e. The zero-order valence-electron chi connectivity index (χ0n) is 12.8. The lowest BCUT2D eigenvalue weighted by molar-refractivity contribution is -0.136. The molecule has 0 spiro atoms. The van der Waals surface area contributed by atoms with Crippen LogP contribution in [0, 0.1) is 12.8 Å². The Hall–Kier alpha value is -1.89. The molecule has 7 heteroatoms. The van der Waals surface area contributed by atoms with Gasteiger partial charge in [0, 0.05) is 38.2 Å². The van der Waals surface area contributed by atoms with Crippen molar-refractivity contribution in [2.45, 2.75) is 20.8 Å². The highest BCUT2D eigenvalue weighted by Gasteiger charge is 2.23. The van der Waals surface area contributed by atoms with Crippen molar-refractivity contribution in [1.82, 2.24) is 15.0 Å². The summed E-state index contributed by atoms with van der Waals surface area (Å²) in [5.74, 6) is 1.18. The first-order valence-corrected chi connectivity index (χ1v) is 7.20. The van der Waals surface area contributed by atoms with Crippen molar-refractivity contribution >= 4 is 17.6 Å². The topological polar surface area (TPSA) is 78.7 Å². The lowest BCUT2D eigenvalue weighted by Gasteiger charge is -2.35. The minimum atomic E-state index is -0.119. The number of aryl methyl sites for hydroxylation is 1. The number of rotatable bonds is 4. The molecule has 1 saturated heterocycles. The van der Waals surface area contributed by atoms with E-state index in [0.717, 1.165) is 0 Å². The van der Waals surface area contributed by atoms with E-state index in [2.05, 4.69) is 10.5 Å². The largest absolute Gasteiger partial charge is 0.360 e. The van der Waals surface area contributed by atoms with E-state index in [-0.39, 0.29) is 17.7 Å². The molecule has 1 aromatic heterocycles. The van der Waals surface area contributed by atoms with E-state index in [1.165, 1.54) is 0 Å². The molecule has 0 unspecified atom stereocenters. The molecule has 21 heavy (non-hydrogen) atoms. The number of carbonyl (C=O) groups excluding carboxylic acids is 2. The fraction of sp³-hybridized carbons (Fsp3) is 0.643. The predicted octanol–water partition coefficient (Wildman–Crippen LogP) is 0.722. The predicted molar refractivity (Wildman–Crippen MR) is 77.7 cm³/mol. The van der Waals surface area contributed by atoms with Gasteiger partial charge in [-0.3, -0.25) is 14.5 Å². The Labute approximate surface area is 124 Å². The van der Waals surface area contributed by atoms with E-state index in [4.69, 9.17) is 4.52 Å². The highest BCUT2D eigenvalue weighted by Crippen LogP contribution is 2.09. The van der Waals surface area contributed by atoms with Gasteiger partial charge >= 0.3 is 0 Å². The van der Waals surface area contributed by atoms with Crippen LogP contribution in [-0.4, -0.2) is 59.5 Å². The summed E-state index contributed by atoms with van der Waals surface area (Å²) in [6, 6.07) is 1.68. The lowest BCUT2D eigenvalue weighted by atomic mass is 10.1. The Balaban J connectivity index is 1.75. The SMILES string of the molecule is Cc1cc(NC(=O)CN2CCN(C(=O)C(C)C)CC2)no1. The third-order valence-corrected chi connectivity index (χ3v) is 3.44. The number of aromatic nitrogens is 1. The van der Waals surface area contributed by atoms with Gasteiger partial charge in [0.05, 0.1) is 6.54 Å². The van der Waals surface area contributed by atoms with E-state index < -0.39 is 0 Å². The molecule has 2 amide bonds. The highest BCUT2D eigenvalue weighted by molar-refractivity contribution is 5.91. The lowest BCUT2D eigenvalue weighted by Crippen LogP contribution is -2.51. The number of hydrogen-bond donors (Lipinski definition) is 1. The molecule has 2 heterocycles. The maximum absolute atomic E-state index is 11.9. The van der Waals surface area contributed by atoms with E-state index in [0.29, 0.717) is 44.3 Å². The molecule has 1 aliphatic heterocycles. The van der Waals surface area contributed by atoms with Crippen LogP contribution < -0.4 is 5.32 Å². The molecule has 0 aromatic carbocycles. The molecule has 1 N–H and O–H groups in total. The molecule has 0 radical (unpaired) electrons. The van der Waals surface area contributed by atoms with Gasteiger partial charge < -0.3 is 14.7 Å². The zero-order valence-corrected chi connectivity index (χ0v) is 12.8. The quantitative estimate of drug-likeness (QED) is 0.885. The van der Waals surface area contributed by atoms with Gasteiger partial charge in [-0.2, -0.15) is 0 Å². The average molecular weight is 294 g/mol. The number of anilines is 1. The van der Waals surface area contributed by atoms with Crippen LogP contribution >= 0.6 is 0 Å². The molecule has 1 fully saturated rings. The molecule has 0 aliphatic carbocycles. The fourth-order valence-electron chi connectivity index (χ4n) is 2.30. The summed E-state index contributed by atoms with van der Waals surface area (Å²) in [7, 11) is 0. The molecular weight excluding hydrogens is 272 g/mol. The molecule has 0 atom stereocenters. The number of hydrogen-bond acceptors (Lipinski definition) is 5. The molecule has 0 bridgehead atoms. The highest BCUT2D eigenvalue weighted by atomic mass is 16.5. The second kappa shape index (κ2) is 6.71. The second-order valence-corrected chi connectivity index (χ2v) is 5.63. The molecule has 2 rings (SSSR count). The van der Waals surface area contributed by atoms with Gasteiger partial charge in [-0.05, 0) is 6.92 Å². The van der Waals surface area contributed by atoms with Crippen LogP contribution in [-0.2, 0) is 9.59 Å². The Morgan fingerprint density at radius 1 is 1.33 bits per heavy atom. The number of nitrogens with zero attached hydrogens (tertiary/aromatic N) is 3. The van der Waals surface area contributed by atoms with Gasteiger partial charge in [0.2, 0.25) is 11.8 Å². The zero-order chi connectivity index (χ0) is 15.4. The van der Waals surface area contributed by atoms with Gasteiger partial charge in [0.15, 0.2) is 5.82 Å². The Morgan fingerprint density at radius 2 is 2.00 bits per heavy atom. The Kier molecular flexibility index (Phi) is 4.95. The van der Waals surface area contributed by atoms with Crippen LogP contribution in [0.4, 0.5) is 5.82 Å². The second-order valence-electron chi connectivity index (χ2n) is 5.63. The summed E-state index contributed by atoms with van der Waals surface area (Å²) in [5.41, 5.74) is 0. The Morgan fingerprint density at radius 3 is 2.52 bits per heavy atom. The first kappa shape index (κ1) is 15.5. The monoisotopic (exact) mass is 294 g/mol. The Bertz CT molecular complexity index is 504. The number of amides is 2. The summed E-state index contributed by atoms with van der Waals surface area (Å²) in [5, 5.41) is 6.42. The van der Waals surface area contributed by atoms with Crippen molar-refractivity contribution in [2.24, 2.45) is 5.92 Å². The maximum atomic E-state index is 11.9. The van der Waals surface area contributed by atoms with Crippen molar-refractivity contribution < 1.29 is 14.1 Å². The first-order chi connectivity index (χ1) is 9.95. The minimum absolute atomic E-state index is 0.0234. The summed E-state index contributed by atoms with van der Waals surface area (Å²) >= 11 is 0. The van der Waals surface area contributed by atoms with Crippen LogP contribution in [0.5, 0.6) is 0 Å². The standard InChI is InChI=1S/C14H22N4O3/c1-10(2)14(20)18-6-4-17(5-7-18)9-13(19)15-12-8-11(3)21-16-12/h8,10H,4-7,9H2,1-3H3,(H,15,16,19). The fourth-order valence-corrected chi connectivity index (χ4v) is 2.30. The van der Waals surface area contributed by atoms with Crippen LogP contribution in [0.25, 0.3) is 0 Å². The summed E-state index contributed by atoms with van der Waals surface area (Å²) in [6.45, 7) is 8.65. The summed E-state index contributed by atoms with van der Waals surface area (Å²) < 4.78 is 4.90. The molecule has 1 aromatic rings. The summed E-state index contributed by atoms with van der Waals surface area (Å²) in [4.78, 5) is 27.7. The van der Waals surface area contributed by atoms with Crippen LogP contribution in [0.1, 0.15) is 19.6 Å². The molecule has 0 saturated carbocycles. The average Bonchev–Trinajstić information content (AvgIpc) is 2.83. The molecule has 7 nitrogen and oxygen atoms in total. The first-order valence-electron chi connectivity index (χ1n) is 7.20. The van der Waals surface area contributed by atoms with Gasteiger partial charge in [-0.25, -0.2) is 0 Å². The van der Waals surface area contributed by atoms with Gasteiger partial charge in [-0.15, -0.1) is 0 Å². The molecule has 116 valence electrons. The molecule has 1 aliphatic rings. The van der Waals surface area contributed by atoms with Crippen LogP contribution in [0.15, 0.2) is 10.6 Å². The third kappa shape index (κ3) is 4.29. The smallest absolute Gasteiger partial charge is 0.239 e. The van der Waals surface area contributed by atoms with Gasteiger partial charge in [0.25, 0.3) is 0 Å². The van der Waals surface area contributed by atoms with Crippen molar-refractivity contribution in [3.8, 4) is 0 Å². The maximum Gasteiger partial charge on any atom is 0.239 e. The van der Waals surface area contributed by atoms with Crippen LogP contribution in [0.2, 0.25) is 0 Å². The van der Waals surface area contributed by atoms with E-state index in [9.17, 15) is 9.59 Å². The third-order valence-electron chi connectivity index (χ3n) is 3.44. The normalized spacial score (nSPS) is 16.3. The summed E-state index contributed by atoms with van der Waals surface area (Å²) in [6.07, 6.45) is 0. The number of piperazine rings is 1. The van der Waals surface area contributed by atoms with Crippen molar-refractivity contribution in [3.63, 3.8) is 0 Å². The van der Waals surface area contributed by atoms with Crippen molar-refractivity contribution in [3.05, 3.63) is 11.8 Å². The van der Waals surface area contributed by atoms with Gasteiger partial charge in [0.1, 0.15) is 5.76 Å². The van der Waals surface area contributed by atoms with E-state index in [1.54, 1.807) is 13.0 Å². The number of carbonyl (C=O) groups is 2. The molecular formula is C14H22N4O3. The van der Waals surface area contributed by atoms with E-state index in [1.807, 2.05) is 23.6 Å². The van der Waals surface area contributed by atoms with Crippen LogP contribution in [0.3, 0.4) is 0 Å². The van der Waals surface area contributed by atoms with Crippen molar-refractivity contribution in [2.75, 3.05) is 38.0 Å².